The van der Waals surface area contributed by atoms with E-state index in [2.05, 4.69) is 74.5 Å². The fraction of sp³-hybridized carbons (Fsp3) is 0.182. The Balaban J connectivity index is 1.97. The Morgan fingerprint density at radius 1 is 0.818 bits per heavy atom. The van der Waals surface area contributed by atoms with Crippen LogP contribution in [-0.4, -0.2) is 0 Å². The molecule has 0 fully saturated rings. The van der Waals surface area contributed by atoms with Crippen molar-refractivity contribution < 1.29 is 0 Å². The van der Waals surface area contributed by atoms with Crippen molar-refractivity contribution >= 4 is 0 Å². The molecule has 0 aliphatic heterocycles. The quantitative estimate of drug-likeness (QED) is 0.436. The van der Waals surface area contributed by atoms with Gasteiger partial charge in [0.05, 0.1) is 0 Å². The first-order valence-corrected chi connectivity index (χ1v) is 8.07. The van der Waals surface area contributed by atoms with Crippen LogP contribution in [0.2, 0.25) is 0 Å². The molecule has 4 rings (SSSR count). The highest BCUT2D eigenvalue weighted by atomic mass is 14.2. The van der Waals surface area contributed by atoms with Crippen molar-refractivity contribution in [2.24, 2.45) is 0 Å². The molecular formula is C22H20. The number of hydrogen-bond donors (Lipinski definition) is 0. The van der Waals surface area contributed by atoms with E-state index in [1.165, 1.54) is 44.5 Å². The van der Waals surface area contributed by atoms with Crippen molar-refractivity contribution in [2.45, 2.75) is 26.7 Å². The topological polar surface area (TPSA) is 0 Å². The Labute approximate surface area is 132 Å². The molecular weight excluding hydrogens is 264 g/mol. The Morgan fingerprint density at radius 2 is 1.59 bits per heavy atom. The Bertz CT molecular complexity index is 856. The molecule has 0 N–H and O–H groups in total. The van der Waals surface area contributed by atoms with Crippen LogP contribution in [0.4, 0.5) is 0 Å². The second-order valence-corrected chi connectivity index (χ2v) is 6.23. The zero-order valence-electron chi connectivity index (χ0n) is 13.2. The van der Waals surface area contributed by atoms with Crippen LogP contribution >= 0.6 is 0 Å². The van der Waals surface area contributed by atoms with Crippen LogP contribution in [-0.2, 0) is 12.8 Å². The minimum Gasteiger partial charge on any atom is -0.0619 e. The lowest BCUT2D eigenvalue weighted by Gasteiger charge is -2.12. The van der Waals surface area contributed by atoms with Crippen molar-refractivity contribution in [1.29, 1.82) is 0 Å². The summed E-state index contributed by atoms with van der Waals surface area (Å²) in [5.74, 6) is 0. The third-order valence-corrected chi connectivity index (χ3v) is 4.67. The van der Waals surface area contributed by atoms with Gasteiger partial charge < -0.3 is 0 Å². The monoisotopic (exact) mass is 284 g/mol. The first kappa shape index (κ1) is 13.3. The molecule has 0 unspecified atom stereocenters. The van der Waals surface area contributed by atoms with Crippen LogP contribution in [0.3, 0.4) is 0 Å². The molecule has 1 aliphatic carbocycles. The molecule has 0 amide bonds. The number of benzene rings is 3. The lowest BCUT2D eigenvalue weighted by molar-refractivity contribution is 1.13. The standard InChI is InChI=1S/C22H20/c1-3-16-11-15(2)12-19(13-16)21-10-6-8-18-14-17-7-4-5-9-20(17)22(18)21/h4-13H,3,14H2,1-2H3. The second-order valence-electron chi connectivity index (χ2n) is 6.23. The highest BCUT2D eigenvalue weighted by Gasteiger charge is 2.21. The number of aryl methyl sites for hydroxylation is 2. The molecule has 0 atom stereocenters. The van der Waals surface area contributed by atoms with Gasteiger partial charge in [-0.15, -0.1) is 0 Å². The second kappa shape index (κ2) is 5.14. The molecule has 0 nitrogen and oxygen atoms in total. The summed E-state index contributed by atoms with van der Waals surface area (Å²) in [4.78, 5) is 0. The summed E-state index contributed by atoms with van der Waals surface area (Å²) >= 11 is 0. The van der Waals surface area contributed by atoms with E-state index in [0.29, 0.717) is 0 Å². The third kappa shape index (κ3) is 2.07. The summed E-state index contributed by atoms with van der Waals surface area (Å²) in [6, 6.07) is 22.5. The molecule has 1 aliphatic rings. The summed E-state index contributed by atoms with van der Waals surface area (Å²) in [6.07, 6.45) is 2.14. The Morgan fingerprint density at radius 3 is 2.45 bits per heavy atom. The zero-order valence-corrected chi connectivity index (χ0v) is 13.2. The first-order chi connectivity index (χ1) is 10.8. The molecule has 0 saturated carbocycles. The summed E-state index contributed by atoms with van der Waals surface area (Å²) in [6.45, 7) is 4.42. The van der Waals surface area contributed by atoms with Crippen molar-refractivity contribution in [3.8, 4) is 22.3 Å². The summed E-state index contributed by atoms with van der Waals surface area (Å²) in [7, 11) is 0. The Hall–Kier alpha value is -2.34. The van der Waals surface area contributed by atoms with Gasteiger partial charge in [0.1, 0.15) is 0 Å². The molecule has 0 radical (unpaired) electrons. The van der Waals surface area contributed by atoms with Gasteiger partial charge in [-0.2, -0.15) is 0 Å². The van der Waals surface area contributed by atoms with Gasteiger partial charge in [-0.1, -0.05) is 73.2 Å². The lowest BCUT2D eigenvalue weighted by atomic mass is 9.92. The minimum absolute atomic E-state index is 1.06. The van der Waals surface area contributed by atoms with Gasteiger partial charge in [-0.3, -0.25) is 0 Å². The maximum atomic E-state index is 2.35. The SMILES string of the molecule is CCc1cc(C)cc(-c2cccc3c2-c2ccccc2C3)c1. The van der Waals surface area contributed by atoms with E-state index < -0.39 is 0 Å². The summed E-state index contributed by atoms with van der Waals surface area (Å²) in [5.41, 5.74) is 11.2. The fourth-order valence-corrected chi connectivity index (χ4v) is 3.65. The normalized spacial score (nSPS) is 12.1. The maximum Gasteiger partial charge on any atom is -0.00132 e. The van der Waals surface area contributed by atoms with Crippen LogP contribution in [0.5, 0.6) is 0 Å². The highest BCUT2D eigenvalue weighted by molar-refractivity contribution is 5.90. The van der Waals surface area contributed by atoms with Crippen LogP contribution < -0.4 is 0 Å². The molecule has 0 heterocycles. The highest BCUT2D eigenvalue weighted by Crippen LogP contribution is 2.43. The average molecular weight is 284 g/mol. The van der Waals surface area contributed by atoms with Crippen molar-refractivity contribution in [3.05, 3.63) is 82.9 Å². The molecule has 3 aromatic rings. The summed E-state index contributed by atoms with van der Waals surface area (Å²) < 4.78 is 0. The van der Waals surface area contributed by atoms with E-state index >= 15 is 0 Å². The lowest BCUT2D eigenvalue weighted by Crippen LogP contribution is -1.89. The van der Waals surface area contributed by atoms with Gasteiger partial charge in [-0.05, 0) is 58.7 Å². The van der Waals surface area contributed by atoms with E-state index in [9.17, 15) is 0 Å². The van der Waals surface area contributed by atoms with Gasteiger partial charge in [0.25, 0.3) is 0 Å². The molecule has 22 heavy (non-hydrogen) atoms. The predicted octanol–water partition coefficient (Wildman–Crippen LogP) is 5.80. The summed E-state index contributed by atoms with van der Waals surface area (Å²) in [5, 5.41) is 0. The number of fused-ring (bicyclic) bond motifs is 3. The molecule has 0 aromatic heterocycles. The number of hydrogen-bond acceptors (Lipinski definition) is 0. The van der Waals surface area contributed by atoms with Gasteiger partial charge >= 0.3 is 0 Å². The van der Waals surface area contributed by atoms with Crippen LogP contribution in [0.1, 0.15) is 29.2 Å². The average Bonchev–Trinajstić information content (AvgIpc) is 2.92. The molecule has 0 heteroatoms. The zero-order chi connectivity index (χ0) is 15.1. The van der Waals surface area contributed by atoms with Gasteiger partial charge in [-0.25, -0.2) is 0 Å². The van der Waals surface area contributed by atoms with Gasteiger partial charge in [0.15, 0.2) is 0 Å². The molecule has 3 aromatic carbocycles. The fourth-order valence-electron chi connectivity index (χ4n) is 3.65. The van der Waals surface area contributed by atoms with Crippen LogP contribution in [0.15, 0.2) is 60.7 Å². The van der Waals surface area contributed by atoms with Gasteiger partial charge in [0.2, 0.25) is 0 Å². The van der Waals surface area contributed by atoms with E-state index in [0.717, 1.165) is 12.8 Å². The smallest absolute Gasteiger partial charge is 0.00132 e. The van der Waals surface area contributed by atoms with Crippen molar-refractivity contribution in [1.82, 2.24) is 0 Å². The Kier molecular flexibility index (Phi) is 3.11. The molecule has 0 spiro atoms. The van der Waals surface area contributed by atoms with Gasteiger partial charge in [0, 0.05) is 0 Å². The third-order valence-electron chi connectivity index (χ3n) is 4.67. The van der Waals surface area contributed by atoms with E-state index in [-0.39, 0.29) is 0 Å². The number of rotatable bonds is 2. The largest absolute Gasteiger partial charge is 0.0619 e. The molecule has 108 valence electrons. The molecule has 0 bridgehead atoms. The van der Waals surface area contributed by atoms with Crippen LogP contribution in [0.25, 0.3) is 22.3 Å². The van der Waals surface area contributed by atoms with E-state index in [4.69, 9.17) is 0 Å². The van der Waals surface area contributed by atoms with E-state index in [1.807, 2.05) is 0 Å². The minimum atomic E-state index is 1.06. The first-order valence-electron chi connectivity index (χ1n) is 8.07. The van der Waals surface area contributed by atoms with Crippen molar-refractivity contribution in [3.63, 3.8) is 0 Å². The predicted molar refractivity (Wildman–Crippen MR) is 94.2 cm³/mol. The van der Waals surface area contributed by atoms with E-state index in [1.54, 1.807) is 0 Å². The molecule has 0 saturated heterocycles. The van der Waals surface area contributed by atoms with Crippen LogP contribution in [0, 0.1) is 6.92 Å². The van der Waals surface area contributed by atoms with Crippen molar-refractivity contribution in [2.75, 3.05) is 0 Å². The maximum absolute atomic E-state index is 2.35.